The molecular weight excluding hydrogens is 431 g/mol. The molecule has 1 aromatic heterocycles. The van der Waals surface area contributed by atoms with Gasteiger partial charge in [0.15, 0.2) is 5.84 Å². The lowest BCUT2D eigenvalue weighted by Gasteiger charge is -2.30. The number of aliphatic imine (C=N–C) groups is 1. The van der Waals surface area contributed by atoms with Crippen molar-refractivity contribution in [2.24, 2.45) is 4.99 Å². The number of anilines is 2. The summed E-state index contributed by atoms with van der Waals surface area (Å²) in [5.74, 6) is 0.195. The summed E-state index contributed by atoms with van der Waals surface area (Å²) < 4.78 is 41.0. The van der Waals surface area contributed by atoms with Crippen molar-refractivity contribution in [2.75, 3.05) is 28.9 Å². The summed E-state index contributed by atoms with van der Waals surface area (Å²) in [7, 11) is 0. The van der Waals surface area contributed by atoms with Crippen molar-refractivity contribution in [3.8, 4) is 0 Å². The van der Waals surface area contributed by atoms with Gasteiger partial charge in [0, 0.05) is 29.7 Å². The average Bonchev–Trinajstić information content (AvgIpc) is 3.17. The van der Waals surface area contributed by atoms with Crippen molar-refractivity contribution >= 4 is 23.1 Å². The molecule has 0 radical (unpaired) electrons. The zero-order valence-electron chi connectivity index (χ0n) is 18.5. The molecule has 2 heterocycles. The van der Waals surface area contributed by atoms with E-state index in [0.717, 1.165) is 35.5 Å². The van der Waals surface area contributed by atoms with Gasteiger partial charge < -0.3 is 10.6 Å². The molecule has 0 saturated carbocycles. The molecule has 1 aliphatic heterocycles. The summed E-state index contributed by atoms with van der Waals surface area (Å²) in [6, 6.07) is 11.7. The van der Waals surface area contributed by atoms with E-state index in [2.05, 4.69) is 32.2 Å². The van der Waals surface area contributed by atoms with Crippen LogP contribution in [0.2, 0.25) is 0 Å². The number of amidine groups is 1. The van der Waals surface area contributed by atoms with Crippen LogP contribution in [0.25, 0.3) is 0 Å². The summed E-state index contributed by atoms with van der Waals surface area (Å²) in [5, 5.41) is 7.98. The zero-order chi connectivity index (χ0) is 23.8. The maximum absolute atomic E-state index is 13.0. The van der Waals surface area contributed by atoms with E-state index in [1.54, 1.807) is 18.2 Å². The first-order chi connectivity index (χ1) is 15.7. The van der Waals surface area contributed by atoms with Crippen LogP contribution in [0.4, 0.5) is 24.5 Å². The third kappa shape index (κ3) is 4.57. The first kappa shape index (κ1) is 22.4. The molecule has 0 bridgehead atoms. The number of benzene rings is 2. The zero-order valence-corrected chi connectivity index (χ0v) is 18.5. The number of aryl methyl sites for hydroxylation is 2. The molecule has 0 atom stereocenters. The Morgan fingerprint density at radius 1 is 1.09 bits per heavy atom. The van der Waals surface area contributed by atoms with Gasteiger partial charge in [-0.2, -0.15) is 13.2 Å². The number of hydrogen-bond donors (Lipinski definition) is 2. The van der Waals surface area contributed by atoms with Crippen molar-refractivity contribution in [3.63, 3.8) is 0 Å². The van der Waals surface area contributed by atoms with Crippen LogP contribution in [0.5, 0.6) is 0 Å². The standard InChI is InChI=1S/C24H24F3N5O/c1-4-31-14-28-22(21-16(3)10-11-32(21)31)30-20-12-17(9-8-15(20)2)23(33)29-19-7-5-6-18(13-19)24(25,26)27/h5-13H,4,14H2,1-3H3,(H,28,30)(H,29,33). The van der Waals surface area contributed by atoms with Crippen molar-refractivity contribution in [1.29, 1.82) is 0 Å². The minimum Gasteiger partial charge on any atom is -0.338 e. The maximum atomic E-state index is 13.0. The van der Waals surface area contributed by atoms with Gasteiger partial charge >= 0.3 is 6.18 Å². The number of carbonyl (C=O) groups is 1. The van der Waals surface area contributed by atoms with Crippen LogP contribution in [0.1, 0.15) is 39.7 Å². The molecule has 6 nitrogen and oxygen atoms in total. The topological polar surface area (TPSA) is 61.7 Å². The number of rotatable bonds is 4. The second-order valence-corrected chi connectivity index (χ2v) is 7.85. The van der Waals surface area contributed by atoms with E-state index < -0.39 is 17.6 Å². The predicted octanol–water partition coefficient (Wildman–Crippen LogP) is 5.16. The van der Waals surface area contributed by atoms with Crippen LogP contribution in [0.15, 0.2) is 59.7 Å². The summed E-state index contributed by atoms with van der Waals surface area (Å²) in [6.45, 7) is 7.28. The number of aromatic nitrogens is 1. The molecule has 0 aliphatic carbocycles. The molecule has 0 spiro atoms. The summed E-state index contributed by atoms with van der Waals surface area (Å²) in [5.41, 5.74) is 3.19. The Hall–Kier alpha value is -3.75. The third-order valence-electron chi connectivity index (χ3n) is 5.56. The van der Waals surface area contributed by atoms with Gasteiger partial charge in [0.25, 0.3) is 5.91 Å². The Balaban J connectivity index is 1.57. The Kier molecular flexibility index (Phi) is 5.88. The molecule has 3 aromatic rings. The van der Waals surface area contributed by atoms with Crippen molar-refractivity contribution in [1.82, 2.24) is 4.68 Å². The molecule has 0 unspecified atom stereocenters. The Labute approximate surface area is 189 Å². The molecule has 1 amide bonds. The monoisotopic (exact) mass is 455 g/mol. The fourth-order valence-electron chi connectivity index (χ4n) is 3.70. The van der Waals surface area contributed by atoms with E-state index in [9.17, 15) is 18.0 Å². The second-order valence-electron chi connectivity index (χ2n) is 7.85. The average molecular weight is 455 g/mol. The van der Waals surface area contributed by atoms with Gasteiger partial charge in [0.1, 0.15) is 12.4 Å². The molecule has 2 N–H and O–H groups in total. The van der Waals surface area contributed by atoms with Gasteiger partial charge in [-0.1, -0.05) is 12.1 Å². The smallest absolute Gasteiger partial charge is 0.338 e. The lowest BCUT2D eigenvalue weighted by molar-refractivity contribution is -0.137. The van der Waals surface area contributed by atoms with Gasteiger partial charge in [-0.25, -0.2) is 4.99 Å². The molecule has 4 rings (SSSR count). The molecule has 1 aliphatic rings. The van der Waals surface area contributed by atoms with Gasteiger partial charge in [-0.15, -0.1) is 0 Å². The quantitative estimate of drug-likeness (QED) is 0.571. The lowest BCUT2D eigenvalue weighted by atomic mass is 10.1. The molecule has 0 saturated heterocycles. The Morgan fingerprint density at radius 3 is 2.61 bits per heavy atom. The van der Waals surface area contributed by atoms with Crippen molar-refractivity contribution in [3.05, 3.63) is 82.7 Å². The number of fused-ring (bicyclic) bond motifs is 1. The van der Waals surface area contributed by atoms with Crippen LogP contribution in [-0.2, 0) is 6.18 Å². The predicted molar refractivity (Wildman–Crippen MR) is 124 cm³/mol. The van der Waals surface area contributed by atoms with E-state index in [1.165, 1.54) is 12.1 Å². The molecule has 2 aromatic carbocycles. The van der Waals surface area contributed by atoms with E-state index in [-0.39, 0.29) is 5.69 Å². The highest BCUT2D eigenvalue weighted by Gasteiger charge is 2.30. The minimum atomic E-state index is -4.48. The molecule has 0 fully saturated rings. The van der Waals surface area contributed by atoms with Crippen molar-refractivity contribution in [2.45, 2.75) is 26.9 Å². The SMILES string of the molecule is CCN1CN=C(Nc2cc(C(=O)Nc3cccc(C(F)(F)F)c3)ccc2C)c2c(C)ccn21. The van der Waals surface area contributed by atoms with E-state index in [4.69, 9.17) is 0 Å². The van der Waals surface area contributed by atoms with Gasteiger partial charge in [-0.3, -0.25) is 14.5 Å². The first-order valence-corrected chi connectivity index (χ1v) is 10.5. The summed E-state index contributed by atoms with van der Waals surface area (Å²) >= 11 is 0. The highest BCUT2D eigenvalue weighted by molar-refractivity contribution is 6.10. The molecule has 172 valence electrons. The van der Waals surface area contributed by atoms with E-state index in [1.807, 2.05) is 26.1 Å². The number of nitrogens with zero attached hydrogens (tertiary/aromatic N) is 3. The maximum Gasteiger partial charge on any atom is 0.416 e. The van der Waals surface area contributed by atoms with Crippen LogP contribution >= 0.6 is 0 Å². The van der Waals surface area contributed by atoms with E-state index >= 15 is 0 Å². The Morgan fingerprint density at radius 2 is 1.88 bits per heavy atom. The fourth-order valence-corrected chi connectivity index (χ4v) is 3.70. The normalized spacial score (nSPS) is 13.4. The Bertz CT molecular complexity index is 1230. The number of hydrogen-bond acceptors (Lipinski definition) is 4. The number of halogens is 3. The van der Waals surface area contributed by atoms with Crippen LogP contribution in [0.3, 0.4) is 0 Å². The number of carbonyl (C=O) groups excluding carboxylic acids is 1. The number of alkyl halides is 3. The lowest BCUT2D eigenvalue weighted by Crippen LogP contribution is -2.41. The first-order valence-electron chi connectivity index (χ1n) is 10.5. The molecular formula is C24H24F3N5O. The molecule has 9 heteroatoms. The van der Waals surface area contributed by atoms with Crippen LogP contribution in [0, 0.1) is 13.8 Å². The largest absolute Gasteiger partial charge is 0.416 e. The van der Waals surface area contributed by atoms with Gasteiger partial charge in [0.05, 0.1) is 5.56 Å². The fraction of sp³-hybridized carbons (Fsp3) is 0.250. The third-order valence-corrected chi connectivity index (χ3v) is 5.56. The highest BCUT2D eigenvalue weighted by Crippen LogP contribution is 2.31. The van der Waals surface area contributed by atoms with E-state index in [0.29, 0.717) is 23.8 Å². The minimum absolute atomic E-state index is 0.0784. The van der Waals surface area contributed by atoms with Crippen LogP contribution in [-0.4, -0.2) is 29.6 Å². The number of amides is 1. The van der Waals surface area contributed by atoms with Gasteiger partial charge in [-0.05, 0) is 68.3 Å². The summed E-state index contributed by atoms with van der Waals surface area (Å²) in [4.78, 5) is 17.4. The van der Waals surface area contributed by atoms with Crippen molar-refractivity contribution < 1.29 is 18.0 Å². The summed E-state index contributed by atoms with van der Waals surface area (Å²) in [6.07, 6.45) is -2.48. The highest BCUT2D eigenvalue weighted by atomic mass is 19.4. The van der Waals surface area contributed by atoms with Crippen LogP contribution < -0.4 is 15.6 Å². The second kappa shape index (κ2) is 8.65. The number of nitrogens with one attached hydrogen (secondary N) is 2. The molecule has 33 heavy (non-hydrogen) atoms. The van der Waals surface area contributed by atoms with Gasteiger partial charge in [0.2, 0.25) is 0 Å².